The maximum Gasteiger partial charge on any atom is 0.127 e. The van der Waals surface area contributed by atoms with Gasteiger partial charge in [-0.2, -0.15) is 0 Å². The molecule has 2 aromatic carbocycles. The minimum Gasteiger partial charge on any atom is -0.457 e. The minimum absolute atomic E-state index is 0.0904. The van der Waals surface area contributed by atoms with Crippen molar-refractivity contribution in [2.45, 2.75) is 40.4 Å². The van der Waals surface area contributed by atoms with Gasteiger partial charge in [0.25, 0.3) is 0 Å². The Balaban J connectivity index is 1.81. The number of hydrogen-bond donors (Lipinski definition) is 0. The van der Waals surface area contributed by atoms with Gasteiger partial charge in [0.05, 0.1) is 19.4 Å². The number of benzene rings is 2. The zero-order valence-electron chi connectivity index (χ0n) is 16.6. The molecule has 0 bridgehead atoms. The Morgan fingerprint density at radius 3 is 2.48 bits per heavy atom. The highest BCUT2D eigenvalue weighted by Gasteiger charge is 2.13. The van der Waals surface area contributed by atoms with E-state index in [0.29, 0.717) is 13.2 Å². The van der Waals surface area contributed by atoms with Gasteiger partial charge in [0.1, 0.15) is 17.6 Å². The lowest BCUT2D eigenvalue weighted by Gasteiger charge is -2.20. The van der Waals surface area contributed by atoms with Gasteiger partial charge in [0, 0.05) is 5.41 Å². The van der Waals surface area contributed by atoms with Crippen LogP contribution in [0.25, 0.3) is 0 Å². The first kappa shape index (κ1) is 20.7. The lowest BCUT2D eigenvalue weighted by Crippen LogP contribution is -2.16. The molecule has 0 atom stereocenters. The third-order valence-corrected chi connectivity index (χ3v) is 3.59. The molecule has 2 rings (SSSR count). The van der Waals surface area contributed by atoms with Crippen molar-refractivity contribution in [2.75, 3.05) is 6.61 Å². The summed E-state index contributed by atoms with van der Waals surface area (Å²) in [6.07, 6.45) is 5.70. The molecule has 0 aliphatic heterocycles. The third-order valence-electron chi connectivity index (χ3n) is 3.59. The molecule has 144 valence electrons. The Morgan fingerprint density at radius 2 is 1.74 bits per heavy atom. The van der Waals surface area contributed by atoms with E-state index in [1.165, 1.54) is 0 Å². The first-order valence-electron chi connectivity index (χ1n) is 9.21. The molecule has 0 aliphatic carbocycles. The molecule has 2 aromatic rings. The average Bonchev–Trinajstić information content (AvgIpc) is 2.62. The lowest BCUT2D eigenvalue weighted by molar-refractivity contribution is 0.0716. The molecule has 0 unspecified atom stereocenters. The number of hydrogen-bond acceptors (Lipinski definition) is 4. The molecule has 0 aromatic heterocycles. The van der Waals surface area contributed by atoms with Crippen LogP contribution in [0.5, 0.6) is 11.5 Å². The molecule has 4 nitrogen and oxygen atoms in total. The average molecular weight is 367 g/mol. The van der Waals surface area contributed by atoms with E-state index in [1.54, 1.807) is 6.21 Å². The molecule has 0 saturated carbocycles. The molecule has 4 heteroatoms. The number of rotatable bonds is 10. The summed E-state index contributed by atoms with van der Waals surface area (Å²) in [5, 5.41) is 3.88. The van der Waals surface area contributed by atoms with Crippen molar-refractivity contribution in [1.29, 1.82) is 0 Å². The van der Waals surface area contributed by atoms with Gasteiger partial charge in [-0.1, -0.05) is 55.4 Å². The Labute approximate surface area is 162 Å². The van der Waals surface area contributed by atoms with Gasteiger partial charge >= 0.3 is 0 Å². The smallest absolute Gasteiger partial charge is 0.127 e. The van der Waals surface area contributed by atoms with Crippen molar-refractivity contribution in [3.05, 3.63) is 72.3 Å². The molecule has 27 heavy (non-hydrogen) atoms. The van der Waals surface area contributed by atoms with Crippen LogP contribution < -0.4 is 4.74 Å². The Hall–Kier alpha value is -2.59. The molecule has 0 saturated heterocycles. The predicted molar refractivity (Wildman–Crippen MR) is 110 cm³/mol. The van der Waals surface area contributed by atoms with E-state index >= 15 is 0 Å². The Kier molecular flexibility index (Phi) is 8.08. The summed E-state index contributed by atoms with van der Waals surface area (Å²) >= 11 is 0. The van der Waals surface area contributed by atoms with E-state index < -0.39 is 0 Å². The van der Waals surface area contributed by atoms with Gasteiger partial charge in [0.15, 0.2) is 0 Å². The second-order valence-corrected chi connectivity index (χ2v) is 7.31. The highest BCUT2D eigenvalue weighted by Crippen LogP contribution is 2.23. The lowest BCUT2D eigenvalue weighted by atomic mass is 9.94. The van der Waals surface area contributed by atoms with Crippen LogP contribution in [0, 0.1) is 5.41 Å². The van der Waals surface area contributed by atoms with Crippen molar-refractivity contribution in [3.8, 4) is 11.5 Å². The van der Waals surface area contributed by atoms with Crippen molar-refractivity contribution in [3.63, 3.8) is 0 Å². The summed E-state index contributed by atoms with van der Waals surface area (Å²) in [6, 6.07) is 17.7. The summed E-state index contributed by atoms with van der Waals surface area (Å²) in [5.41, 5.74) is 0.984. The van der Waals surface area contributed by atoms with Crippen LogP contribution in [0.3, 0.4) is 0 Å². The monoisotopic (exact) mass is 367 g/mol. The van der Waals surface area contributed by atoms with Crippen molar-refractivity contribution < 1.29 is 14.3 Å². The van der Waals surface area contributed by atoms with Gasteiger partial charge in [-0.15, -0.1) is 0 Å². The van der Waals surface area contributed by atoms with Crippen LogP contribution >= 0.6 is 0 Å². The fourth-order valence-corrected chi connectivity index (χ4v) is 2.30. The maximum absolute atomic E-state index is 5.90. The molecule has 0 spiro atoms. The van der Waals surface area contributed by atoms with Crippen molar-refractivity contribution in [2.24, 2.45) is 10.6 Å². The van der Waals surface area contributed by atoms with Crippen LogP contribution in [0.4, 0.5) is 0 Å². The van der Waals surface area contributed by atoms with Gasteiger partial charge in [-0.25, -0.2) is 0 Å². The summed E-state index contributed by atoms with van der Waals surface area (Å²) in [6.45, 7) is 9.27. The molecule has 0 aliphatic rings. The van der Waals surface area contributed by atoms with E-state index in [4.69, 9.17) is 14.3 Å². The minimum atomic E-state index is -0.0952. The van der Waals surface area contributed by atoms with Gasteiger partial charge < -0.3 is 14.3 Å². The van der Waals surface area contributed by atoms with Gasteiger partial charge in [-0.05, 0) is 49.8 Å². The third kappa shape index (κ3) is 8.56. The second kappa shape index (κ2) is 10.5. The molecular formula is C23H29NO3. The molecule has 0 heterocycles. The standard InChI is InChI=1S/C23H29NO3/c1-19(2)27-24-15-9-14-23(3,4)18-25-17-20-10-8-13-22(16-20)26-21-11-6-5-7-12-21/h5-16,19H,17-18H2,1-4H3. The van der Waals surface area contributed by atoms with E-state index in [0.717, 1.165) is 17.1 Å². The molecule has 0 amide bonds. The van der Waals surface area contributed by atoms with Crippen molar-refractivity contribution >= 4 is 6.21 Å². The summed E-state index contributed by atoms with van der Waals surface area (Å²) in [4.78, 5) is 5.12. The van der Waals surface area contributed by atoms with Crippen LogP contribution in [0.15, 0.2) is 71.9 Å². The van der Waals surface area contributed by atoms with Gasteiger partial charge in [-0.3, -0.25) is 0 Å². The van der Waals surface area contributed by atoms with E-state index in [9.17, 15) is 0 Å². The largest absolute Gasteiger partial charge is 0.457 e. The number of nitrogens with zero attached hydrogens (tertiary/aromatic N) is 1. The fraction of sp³-hybridized carbons (Fsp3) is 0.348. The fourth-order valence-electron chi connectivity index (χ4n) is 2.30. The zero-order valence-corrected chi connectivity index (χ0v) is 16.6. The molecule has 0 fully saturated rings. The molecule has 0 N–H and O–H groups in total. The molecule has 0 radical (unpaired) electrons. The SMILES string of the molecule is CC(C)ON=CC=CC(C)(C)COCc1cccc(Oc2ccccc2)c1. The summed E-state index contributed by atoms with van der Waals surface area (Å²) < 4.78 is 11.8. The number of para-hydroxylation sites is 1. The van der Waals surface area contributed by atoms with E-state index in [-0.39, 0.29) is 11.5 Å². The molecular weight excluding hydrogens is 338 g/mol. The van der Waals surface area contributed by atoms with Gasteiger partial charge in [0.2, 0.25) is 0 Å². The summed E-state index contributed by atoms with van der Waals surface area (Å²) in [7, 11) is 0. The number of oxime groups is 1. The van der Waals surface area contributed by atoms with Crippen LogP contribution in [0.1, 0.15) is 33.3 Å². The number of allylic oxidation sites excluding steroid dienone is 1. The first-order valence-corrected chi connectivity index (χ1v) is 9.21. The Bertz CT molecular complexity index is 736. The van der Waals surface area contributed by atoms with Crippen LogP contribution in [0.2, 0.25) is 0 Å². The predicted octanol–water partition coefficient (Wildman–Crippen LogP) is 5.99. The van der Waals surface area contributed by atoms with E-state index in [1.807, 2.05) is 74.5 Å². The van der Waals surface area contributed by atoms with Crippen LogP contribution in [-0.4, -0.2) is 18.9 Å². The maximum atomic E-state index is 5.90. The highest BCUT2D eigenvalue weighted by atomic mass is 16.6. The normalized spacial score (nSPS) is 12.2. The zero-order chi connectivity index (χ0) is 19.5. The van der Waals surface area contributed by atoms with Crippen LogP contribution in [-0.2, 0) is 16.2 Å². The highest BCUT2D eigenvalue weighted by molar-refractivity contribution is 5.70. The topological polar surface area (TPSA) is 40.0 Å². The first-order chi connectivity index (χ1) is 12.9. The Morgan fingerprint density at radius 1 is 1.00 bits per heavy atom. The second-order valence-electron chi connectivity index (χ2n) is 7.31. The number of ether oxygens (including phenoxy) is 2. The summed E-state index contributed by atoms with van der Waals surface area (Å²) in [5.74, 6) is 1.63. The van der Waals surface area contributed by atoms with Crippen molar-refractivity contribution in [1.82, 2.24) is 0 Å². The van der Waals surface area contributed by atoms with E-state index in [2.05, 4.69) is 25.1 Å². The quantitative estimate of drug-likeness (QED) is 0.382.